The lowest BCUT2D eigenvalue weighted by atomic mass is 10.2. The first kappa shape index (κ1) is 14.6. The van der Waals surface area contributed by atoms with Gasteiger partial charge in [0.25, 0.3) is 0 Å². The van der Waals surface area contributed by atoms with E-state index in [0.717, 1.165) is 4.90 Å². The van der Waals surface area contributed by atoms with Gasteiger partial charge in [0.2, 0.25) is 0 Å². The lowest BCUT2D eigenvalue weighted by molar-refractivity contribution is -0.139. The normalized spacial score (nSPS) is 13.6. The molecule has 0 heterocycles. The van der Waals surface area contributed by atoms with Gasteiger partial charge in [-0.05, 0) is 18.6 Å². The molecule has 0 amide bonds. The van der Waals surface area contributed by atoms with Crippen LogP contribution in [-0.2, 0) is 0 Å². The molecule has 0 spiro atoms. The summed E-state index contributed by atoms with van der Waals surface area (Å²) in [7, 11) is 1.39. The van der Waals surface area contributed by atoms with Crippen LogP contribution in [-0.4, -0.2) is 24.7 Å². The summed E-state index contributed by atoms with van der Waals surface area (Å²) < 4.78 is 36.7. The molecule has 16 heavy (non-hydrogen) atoms. The summed E-state index contributed by atoms with van der Waals surface area (Å²) in [5.74, 6) is 0. The van der Waals surface area contributed by atoms with Crippen LogP contribution in [0.1, 0.15) is 6.92 Å². The van der Waals surface area contributed by atoms with Gasteiger partial charge in [0.05, 0.1) is 0 Å². The predicted octanol–water partition coefficient (Wildman–Crippen LogP) is 3.68. The fourth-order valence-electron chi connectivity index (χ4n) is 1.18. The van der Waals surface area contributed by atoms with Crippen molar-refractivity contribution in [2.45, 2.75) is 13.1 Å². The molecule has 0 aromatic rings. The minimum Gasteiger partial charge on any atom is -0.366 e. The van der Waals surface area contributed by atoms with Gasteiger partial charge in [0.1, 0.15) is 6.54 Å². The van der Waals surface area contributed by atoms with Gasteiger partial charge in [-0.25, -0.2) is 0 Å². The Morgan fingerprint density at radius 3 is 2.25 bits per heavy atom. The largest absolute Gasteiger partial charge is 0.405 e. The summed E-state index contributed by atoms with van der Waals surface area (Å²) in [4.78, 5) is 1.14. The molecule has 4 heteroatoms. The second-order valence-electron chi connectivity index (χ2n) is 3.34. The van der Waals surface area contributed by atoms with Crippen LogP contribution in [0.2, 0.25) is 0 Å². The molecule has 0 radical (unpaired) electrons. The van der Waals surface area contributed by atoms with Crippen molar-refractivity contribution in [1.29, 1.82) is 0 Å². The number of alkyl halides is 3. The third-order valence-corrected chi connectivity index (χ3v) is 1.93. The number of halogens is 3. The lowest BCUT2D eigenvalue weighted by Gasteiger charge is -2.23. The molecular weight excluding hydrogens is 215 g/mol. The molecule has 0 saturated heterocycles. The smallest absolute Gasteiger partial charge is 0.366 e. The maximum Gasteiger partial charge on any atom is 0.405 e. The van der Waals surface area contributed by atoms with Crippen LogP contribution in [0.3, 0.4) is 0 Å². The molecule has 0 atom stereocenters. The quantitative estimate of drug-likeness (QED) is 0.652. The minimum absolute atomic E-state index is 0.479. The van der Waals surface area contributed by atoms with E-state index in [4.69, 9.17) is 0 Å². The van der Waals surface area contributed by atoms with Crippen molar-refractivity contribution < 1.29 is 13.2 Å². The number of hydrogen-bond acceptors (Lipinski definition) is 1. The van der Waals surface area contributed by atoms with E-state index in [2.05, 4.69) is 13.2 Å². The second kappa shape index (κ2) is 6.20. The van der Waals surface area contributed by atoms with Crippen LogP contribution in [0.15, 0.2) is 48.7 Å². The Hall–Kier alpha value is -1.45. The zero-order valence-corrected chi connectivity index (χ0v) is 9.51. The van der Waals surface area contributed by atoms with Crippen LogP contribution >= 0.6 is 0 Å². The third-order valence-electron chi connectivity index (χ3n) is 1.93. The topological polar surface area (TPSA) is 3.24 Å². The first-order valence-electron chi connectivity index (χ1n) is 4.72. The maximum absolute atomic E-state index is 12.2. The molecule has 1 nitrogen and oxygen atoms in total. The molecule has 0 rings (SSSR count). The van der Waals surface area contributed by atoms with Gasteiger partial charge < -0.3 is 4.90 Å². The van der Waals surface area contributed by atoms with E-state index in [0.29, 0.717) is 11.3 Å². The average molecular weight is 231 g/mol. The number of allylic oxidation sites excluding steroid dienone is 5. The summed E-state index contributed by atoms with van der Waals surface area (Å²) in [5, 5.41) is 0. The van der Waals surface area contributed by atoms with E-state index in [9.17, 15) is 13.2 Å². The van der Waals surface area contributed by atoms with Crippen LogP contribution in [0.5, 0.6) is 0 Å². The minimum atomic E-state index is -4.22. The van der Waals surface area contributed by atoms with Crippen molar-refractivity contribution in [1.82, 2.24) is 4.90 Å². The monoisotopic (exact) mass is 231 g/mol. The Labute approximate surface area is 94.3 Å². The third kappa shape index (κ3) is 5.44. The standard InChI is InChI=1S/C12H16F3N/c1-5-7-8-11(10(3)6-2)16(4)9-12(13,14)15/h5-8H,1-2,9H2,3-4H3/b8-7-,11-10-. The molecule has 90 valence electrons. The highest BCUT2D eigenvalue weighted by molar-refractivity contribution is 5.31. The molecule has 0 aliphatic heterocycles. The molecule has 0 unspecified atom stereocenters. The summed E-state index contributed by atoms with van der Waals surface area (Å²) in [6.45, 7) is 7.74. The highest BCUT2D eigenvalue weighted by Crippen LogP contribution is 2.20. The summed E-state index contributed by atoms with van der Waals surface area (Å²) in [5.41, 5.74) is 1.16. The molecule has 0 saturated carbocycles. The zero-order valence-electron chi connectivity index (χ0n) is 9.51. The van der Waals surface area contributed by atoms with Crippen molar-refractivity contribution in [2.24, 2.45) is 0 Å². The summed E-state index contributed by atoms with van der Waals surface area (Å²) in [6.07, 6.45) is 1.99. The van der Waals surface area contributed by atoms with Gasteiger partial charge in [-0.1, -0.05) is 31.4 Å². The van der Waals surface area contributed by atoms with Gasteiger partial charge in [0.15, 0.2) is 0 Å². The Bertz CT molecular complexity index is 311. The first-order chi connectivity index (χ1) is 7.31. The Kier molecular flexibility index (Phi) is 5.64. The second-order valence-corrected chi connectivity index (χ2v) is 3.34. The Morgan fingerprint density at radius 1 is 1.31 bits per heavy atom. The zero-order chi connectivity index (χ0) is 12.8. The molecule has 0 aromatic heterocycles. The molecule has 0 N–H and O–H groups in total. The van der Waals surface area contributed by atoms with Gasteiger partial charge in [-0.3, -0.25) is 0 Å². The van der Waals surface area contributed by atoms with Gasteiger partial charge >= 0.3 is 6.18 Å². The molecule has 0 aliphatic rings. The molecule has 0 bridgehead atoms. The van der Waals surface area contributed by atoms with E-state index in [1.54, 1.807) is 19.1 Å². The van der Waals surface area contributed by atoms with Gasteiger partial charge in [-0.15, -0.1) is 0 Å². The maximum atomic E-state index is 12.2. The van der Waals surface area contributed by atoms with Crippen molar-refractivity contribution >= 4 is 0 Å². The fourth-order valence-corrected chi connectivity index (χ4v) is 1.18. The SMILES string of the molecule is C=C/C=C\C(=C(/C)C=C)N(C)CC(F)(F)F. The highest BCUT2D eigenvalue weighted by Gasteiger charge is 2.29. The fraction of sp³-hybridized carbons (Fsp3) is 0.333. The van der Waals surface area contributed by atoms with Crippen LogP contribution < -0.4 is 0 Å². The number of likely N-dealkylation sites (N-methyl/N-ethyl adjacent to an activating group) is 1. The van der Waals surface area contributed by atoms with Crippen LogP contribution in [0.25, 0.3) is 0 Å². The Balaban J connectivity index is 4.99. The van der Waals surface area contributed by atoms with Gasteiger partial charge in [-0.2, -0.15) is 13.2 Å². The predicted molar refractivity (Wildman–Crippen MR) is 60.9 cm³/mol. The van der Waals surface area contributed by atoms with E-state index in [-0.39, 0.29) is 0 Å². The van der Waals surface area contributed by atoms with E-state index >= 15 is 0 Å². The lowest BCUT2D eigenvalue weighted by Crippen LogP contribution is -2.30. The van der Waals surface area contributed by atoms with E-state index in [1.165, 1.54) is 19.2 Å². The van der Waals surface area contributed by atoms with Crippen LogP contribution in [0, 0.1) is 0 Å². The van der Waals surface area contributed by atoms with Crippen LogP contribution in [0.4, 0.5) is 13.2 Å². The molecule has 0 aliphatic carbocycles. The first-order valence-corrected chi connectivity index (χ1v) is 4.72. The highest BCUT2D eigenvalue weighted by atomic mass is 19.4. The molecule has 0 fully saturated rings. The van der Waals surface area contributed by atoms with Crippen molar-refractivity contribution in [3.8, 4) is 0 Å². The van der Waals surface area contributed by atoms with Crippen molar-refractivity contribution in [3.05, 3.63) is 48.7 Å². The van der Waals surface area contributed by atoms with E-state index < -0.39 is 12.7 Å². The number of hydrogen-bond donors (Lipinski definition) is 0. The summed E-state index contributed by atoms with van der Waals surface area (Å²) >= 11 is 0. The molecule has 0 aromatic carbocycles. The van der Waals surface area contributed by atoms with Crippen molar-refractivity contribution in [3.63, 3.8) is 0 Å². The number of rotatable bonds is 5. The van der Waals surface area contributed by atoms with Crippen molar-refractivity contribution in [2.75, 3.05) is 13.6 Å². The van der Waals surface area contributed by atoms with Gasteiger partial charge in [0, 0.05) is 12.7 Å². The Morgan fingerprint density at radius 2 is 1.88 bits per heavy atom. The average Bonchev–Trinajstić information content (AvgIpc) is 2.15. The summed E-state index contributed by atoms with van der Waals surface area (Å²) in [6, 6.07) is 0. The number of nitrogens with zero attached hydrogens (tertiary/aromatic N) is 1. The van der Waals surface area contributed by atoms with E-state index in [1.807, 2.05) is 0 Å². The molecular formula is C12H16F3N.